The predicted octanol–water partition coefficient (Wildman–Crippen LogP) is 1.16. The van der Waals surface area contributed by atoms with Crippen LogP contribution in [0.1, 0.15) is 34.1 Å². The first-order chi connectivity index (χ1) is 7.28. The van der Waals surface area contributed by atoms with Crippen LogP contribution in [-0.4, -0.2) is 34.1 Å². The summed E-state index contributed by atoms with van der Waals surface area (Å²) in [6.45, 7) is 4.94. The molecule has 0 aromatic carbocycles. The van der Waals surface area contributed by atoms with Crippen molar-refractivity contribution >= 4 is 11.9 Å². The second kappa shape index (κ2) is 4.56. The van der Waals surface area contributed by atoms with E-state index in [4.69, 9.17) is 15.6 Å². The number of hydrogen-bond acceptors (Lipinski definition) is 4. The van der Waals surface area contributed by atoms with Gasteiger partial charge < -0.3 is 15.6 Å². The first kappa shape index (κ1) is 15.8. The molecule has 0 amide bonds. The summed E-state index contributed by atoms with van der Waals surface area (Å²) in [5, 5.41) is 8.80. The number of alkyl halides is 2. The van der Waals surface area contributed by atoms with E-state index in [1.54, 1.807) is 0 Å². The molecule has 1 atom stereocenters. The molecule has 0 saturated carbocycles. The number of esters is 1. The molecule has 0 aliphatic rings. The summed E-state index contributed by atoms with van der Waals surface area (Å²) in [5.41, 5.74) is 1.48. The normalized spacial score (nSPS) is 16.2. The van der Waals surface area contributed by atoms with E-state index in [0.717, 1.165) is 0 Å². The van der Waals surface area contributed by atoms with Crippen LogP contribution in [0.3, 0.4) is 0 Å². The topological polar surface area (TPSA) is 89.6 Å². The Labute approximate surface area is 97.9 Å². The Hall–Kier alpha value is -1.24. The minimum absolute atomic E-state index is 0.488. The Morgan fingerprint density at radius 1 is 1.24 bits per heavy atom. The first-order valence-corrected chi connectivity index (χ1v) is 4.91. The number of ether oxygens (including phenoxy) is 1. The van der Waals surface area contributed by atoms with Crippen LogP contribution in [0.2, 0.25) is 0 Å². The molecule has 0 bridgehead atoms. The molecule has 0 aliphatic heterocycles. The summed E-state index contributed by atoms with van der Waals surface area (Å²) in [7, 11) is 0. The summed E-state index contributed by atoms with van der Waals surface area (Å²) in [5.74, 6) is -6.60. The maximum absolute atomic E-state index is 12.8. The summed E-state index contributed by atoms with van der Waals surface area (Å²) >= 11 is 0. The minimum Gasteiger partial charge on any atom is -0.479 e. The number of carbonyl (C=O) groups is 2. The van der Waals surface area contributed by atoms with Gasteiger partial charge in [0.15, 0.2) is 0 Å². The van der Waals surface area contributed by atoms with E-state index >= 15 is 0 Å². The van der Waals surface area contributed by atoms with Crippen molar-refractivity contribution in [1.29, 1.82) is 0 Å². The van der Waals surface area contributed by atoms with Gasteiger partial charge in [-0.2, -0.15) is 0 Å². The van der Waals surface area contributed by atoms with E-state index in [2.05, 4.69) is 0 Å². The maximum atomic E-state index is 12.8. The van der Waals surface area contributed by atoms with Crippen LogP contribution in [0.15, 0.2) is 0 Å². The SMILES string of the molecule is CC(F)(F)C[C@](N)(C(=O)O)C(=O)OC(C)(C)C. The molecular formula is C10H17F2NO4. The highest BCUT2D eigenvalue weighted by molar-refractivity contribution is 6.04. The number of aliphatic carboxylic acids is 1. The highest BCUT2D eigenvalue weighted by Gasteiger charge is 2.50. The Bertz CT molecular complexity index is 319. The molecule has 0 saturated heterocycles. The third-order valence-electron chi connectivity index (χ3n) is 1.73. The molecule has 0 fully saturated rings. The zero-order chi connectivity index (χ0) is 14.1. The highest BCUT2D eigenvalue weighted by Crippen LogP contribution is 2.26. The molecule has 0 heterocycles. The molecule has 0 unspecified atom stereocenters. The van der Waals surface area contributed by atoms with Crippen molar-refractivity contribution < 1.29 is 28.2 Å². The average molecular weight is 253 g/mol. The number of hydrogen-bond donors (Lipinski definition) is 2. The Morgan fingerprint density at radius 3 is 1.88 bits per heavy atom. The van der Waals surface area contributed by atoms with Crippen LogP contribution in [0, 0.1) is 0 Å². The zero-order valence-electron chi connectivity index (χ0n) is 10.2. The lowest BCUT2D eigenvalue weighted by molar-refractivity contribution is -0.173. The maximum Gasteiger partial charge on any atom is 0.338 e. The fourth-order valence-electron chi connectivity index (χ4n) is 1.09. The minimum atomic E-state index is -3.38. The second-order valence-corrected chi connectivity index (χ2v) is 5.03. The van der Waals surface area contributed by atoms with E-state index < -0.39 is 35.4 Å². The lowest BCUT2D eigenvalue weighted by Crippen LogP contribution is -2.59. The molecule has 17 heavy (non-hydrogen) atoms. The molecule has 3 N–H and O–H groups in total. The number of carbonyl (C=O) groups excluding carboxylic acids is 1. The van der Waals surface area contributed by atoms with Gasteiger partial charge in [0.1, 0.15) is 5.60 Å². The number of carboxylic acid groups (broad SMARTS) is 1. The Morgan fingerprint density at radius 2 is 1.65 bits per heavy atom. The van der Waals surface area contributed by atoms with Gasteiger partial charge >= 0.3 is 11.9 Å². The predicted molar refractivity (Wildman–Crippen MR) is 55.6 cm³/mol. The van der Waals surface area contributed by atoms with Gasteiger partial charge in [-0.1, -0.05) is 0 Å². The monoisotopic (exact) mass is 253 g/mol. The van der Waals surface area contributed by atoms with Crippen LogP contribution in [0.25, 0.3) is 0 Å². The molecule has 7 heteroatoms. The van der Waals surface area contributed by atoms with Gasteiger partial charge in [-0.25, -0.2) is 18.4 Å². The standard InChI is InChI=1S/C10H17F2NO4/c1-8(2,3)17-7(16)10(13,6(14)15)5-9(4,11)12/h5,13H2,1-4H3,(H,14,15)/t10-/m0/s1. The van der Waals surface area contributed by atoms with Crippen LogP contribution in [0.5, 0.6) is 0 Å². The molecule has 5 nitrogen and oxygen atoms in total. The lowest BCUT2D eigenvalue weighted by atomic mass is 9.93. The largest absolute Gasteiger partial charge is 0.479 e. The van der Waals surface area contributed by atoms with E-state index in [9.17, 15) is 18.4 Å². The molecule has 100 valence electrons. The third-order valence-corrected chi connectivity index (χ3v) is 1.73. The van der Waals surface area contributed by atoms with E-state index in [1.807, 2.05) is 0 Å². The van der Waals surface area contributed by atoms with Gasteiger partial charge in [-0.15, -0.1) is 0 Å². The number of halogens is 2. The van der Waals surface area contributed by atoms with E-state index in [0.29, 0.717) is 6.92 Å². The van der Waals surface area contributed by atoms with Gasteiger partial charge in [0.05, 0.1) is 6.42 Å². The van der Waals surface area contributed by atoms with Crippen molar-refractivity contribution in [2.45, 2.75) is 51.2 Å². The number of nitrogens with two attached hydrogens (primary N) is 1. The van der Waals surface area contributed by atoms with Crippen molar-refractivity contribution in [3.63, 3.8) is 0 Å². The fourth-order valence-corrected chi connectivity index (χ4v) is 1.09. The summed E-state index contributed by atoms with van der Waals surface area (Å²) in [6, 6.07) is 0. The van der Waals surface area contributed by atoms with Crippen molar-refractivity contribution in [3.05, 3.63) is 0 Å². The van der Waals surface area contributed by atoms with Crippen LogP contribution >= 0.6 is 0 Å². The average Bonchev–Trinajstić information content (AvgIpc) is 1.96. The highest BCUT2D eigenvalue weighted by atomic mass is 19.3. The number of rotatable bonds is 4. The number of carboxylic acids is 1. The summed E-state index contributed by atoms with van der Waals surface area (Å²) in [4.78, 5) is 22.4. The Balaban J connectivity index is 5.10. The molecular weight excluding hydrogens is 236 g/mol. The smallest absolute Gasteiger partial charge is 0.338 e. The molecule has 0 radical (unpaired) electrons. The summed E-state index contributed by atoms with van der Waals surface area (Å²) < 4.78 is 30.4. The molecule has 0 aromatic heterocycles. The zero-order valence-corrected chi connectivity index (χ0v) is 10.2. The van der Waals surface area contributed by atoms with Crippen molar-refractivity contribution in [1.82, 2.24) is 0 Å². The fraction of sp³-hybridized carbons (Fsp3) is 0.800. The van der Waals surface area contributed by atoms with E-state index in [1.165, 1.54) is 20.8 Å². The quantitative estimate of drug-likeness (QED) is 0.579. The third kappa shape index (κ3) is 5.08. The second-order valence-electron chi connectivity index (χ2n) is 5.03. The van der Waals surface area contributed by atoms with Gasteiger partial charge in [-0.3, -0.25) is 0 Å². The van der Waals surface area contributed by atoms with Gasteiger partial charge in [0.2, 0.25) is 11.5 Å². The van der Waals surface area contributed by atoms with Gasteiger partial charge in [-0.05, 0) is 27.7 Å². The van der Waals surface area contributed by atoms with Crippen molar-refractivity contribution in [3.8, 4) is 0 Å². The molecule has 0 rings (SSSR count). The van der Waals surface area contributed by atoms with Crippen LogP contribution < -0.4 is 5.73 Å². The van der Waals surface area contributed by atoms with Gasteiger partial charge in [0.25, 0.3) is 0 Å². The Kier molecular flexibility index (Phi) is 4.23. The lowest BCUT2D eigenvalue weighted by Gasteiger charge is -2.29. The summed E-state index contributed by atoms with van der Waals surface area (Å²) in [6.07, 6.45) is -1.32. The van der Waals surface area contributed by atoms with Crippen LogP contribution in [0.4, 0.5) is 8.78 Å². The van der Waals surface area contributed by atoms with E-state index in [-0.39, 0.29) is 0 Å². The van der Waals surface area contributed by atoms with Gasteiger partial charge in [0, 0.05) is 0 Å². The molecule has 0 spiro atoms. The molecule has 0 aliphatic carbocycles. The van der Waals surface area contributed by atoms with Crippen molar-refractivity contribution in [2.75, 3.05) is 0 Å². The molecule has 0 aromatic rings. The van der Waals surface area contributed by atoms with Crippen molar-refractivity contribution in [2.24, 2.45) is 5.73 Å². The van der Waals surface area contributed by atoms with Crippen LogP contribution in [-0.2, 0) is 14.3 Å². The first-order valence-electron chi connectivity index (χ1n) is 4.91.